The maximum absolute atomic E-state index is 13.7. The number of ketones is 1. The van der Waals surface area contributed by atoms with Crippen LogP contribution in [-0.2, 0) is 11.2 Å². The topological polar surface area (TPSA) is 38.3 Å². The number of hydrogen-bond donors (Lipinski definition) is 1. The van der Waals surface area contributed by atoms with E-state index >= 15 is 0 Å². The van der Waals surface area contributed by atoms with E-state index in [1.807, 2.05) is 7.05 Å². The minimum Gasteiger partial charge on any atom is -0.494 e. The highest BCUT2D eigenvalue weighted by molar-refractivity contribution is 5.82. The van der Waals surface area contributed by atoms with Crippen molar-refractivity contribution in [3.05, 3.63) is 29.6 Å². The first-order valence-corrected chi connectivity index (χ1v) is 7.61. The van der Waals surface area contributed by atoms with E-state index < -0.39 is 5.82 Å². The van der Waals surface area contributed by atoms with Gasteiger partial charge in [0.1, 0.15) is 5.78 Å². The predicted molar refractivity (Wildman–Crippen MR) is 81.2 cm³/mol. The fourth-order valence-electron chi connectivity index (χ4n) is 3.23. The molecule has 2 rings (SSSR count). The van der Waals surface area contributed by atoms with Crippen molar-refractivity contribution in [2.45, 2.75) is 50.5 Å². The van der Waals surface area contributed by atoms with Crippen LogP contribution in [0.5, 0.6) is 5.75 Å². The molecule has 1 aromatic carbocycles. The zero-order valence-electron chi connectivity index (χ0n) is 12.9. The van der Waals surface area contributed by atoms with E-state index in [0.717, 1.165) is 12.8 Å². The number of hydrogen-bond acceptors (Lipinski definition) is 3. The molecule has 0 saturated heterocycles. The monoisotopic (exact) mass is 293 g/mol. The van der Waals surface area contributed by atoms with Crippen molar-refractivity contribution < 1.29 is 13.9 Å². The second kappa shape index (κ2) is 7.03. The van der Waals surface area contributed by atoms with E-state index in [9.17, 15) is 9.18 Å². The van der Waals surface area contributed by atoms with Crippen molar-refractivity contribution in [3.63, 3.8) is 0 Å². The average Bonchev–Trinajstić information content (AvgIpc) is 2.48. The first-order valence-electron chi connectivity index (χ1n) is 7.61. The van der Waals surface area contributed by atoms with E-state index in [-0.39, 0.29) is 23.5 Å². The van der Waals surface area contributed by atoms with Gasteiger partial charge in [0, 0.05) is 18.4 Å². The van der Waals surface area contributed by atoms with Gasteiger partial charge in [-0.15, -0.1) is 0 Å². The van der Waals surface area contributed by atoms with Gasteiger partial charge in [0.25, 0.3) is 0 Å². The number of methoxy groups -OCH3 is 1. The van der Waals surface area contributed by atoms with Gasteiger partial charge in [0.15, 0.2) is 11.6 Å². The Kier molecular flexibility index (Phi) is 5.34. The van der Waals surface area contributed by atoms with Gasteiger partial charge < -0.3 is 10.1 Å². The van der Waals surface area contributed by atoms with E-state index in [0.29, 0.717) is 12.0 Å². The Balaban J connectivity index is 1.99. The van der Waals surface area contributed by atoms with E-state index in [4.69, 9.17) is 4.74 Å². The minimum absolute atomic E-state index is 0.0552. The number of carbonyl (C=O) groups is 1. The van der Waals surface area contributed by atoms with E-state index in [1.54, 1.807) is 12.1 Å². The van der Waals surface area contributed by atoms with Crippen molar-refractivity contribution in [2.75, 3.05) is 14.2 Å². The maximum Gasteiger partial charge on any atom is 0.165 e. The standard InChI is InChI=1S/C17H24FNO2/c1-19-17(8-4-3-5-9-17)12-14(20)10-13-6-7-16(21-2)15(18)11-13/h6-7,11,19H,3-5,8-10,12H2,1-2H3. The molecule has 3 nitrogen and oxygen atoms in total. The third kappa shape index (κ3) is 4.03. The Morgan fingerprint density at radius 2 is 2.05 bits per heavy atom. The first-order chi connectivity index (χ1) is 10.1. The lowest BCUT2D eigenvalue weighted by atomic mass is 9.78. The molecule has 0 spiro atoms. The molecule has 0 aliphatic heterocycles. The van der Waals surface area contributed by atoms with Crippen LogP contribution in [0.2, 0.25) is 0 Å². The molecule has 116 valence electrons. The highest BCUT2D eigenvalue weighted by Crippen LogP contribution is 2.31. The molecule has 1 saturated carbocycles. The average molecular weight is 293 g/mol. The number of nitrogens with one attached hydrogen (secondary N) is 1. The highest BCUT2D eigenvalue weighted by Gasteiger charge is 2.32. The zero-order valence-corrected chi connectivity index (χ0v) is 12.9. The molecule has 0 aromatic heterocycles. The molecule has 21 heavy (non-hydrogen) atoms. The molecule has 1 aromatic rings. The molecule has 0 amide bonds. The molecule has 0 radical (unpaired) electrons. The van der Waals surface area contributed by atoms with Crippen LogP contribution in [-0.4, -0.2) is 25.5 Å². The number of halogens is 1. The molecule has 4 heteroatoms. The Hall–Kier alpha value is -1.42. The summed E-state index contributed by atoms with van der Waals surface area (Å²) < 4.78 is 18.5. The van der Waals surface area contributed by atoms with E-state index in [2.05, 4.69) is 5.32 Å². The van der Waals surface area contributed by atoms with Gasteiger partial charge in [0.2, 0.25) is 0 Å². The summed E-state index contributed by atoms with van der Waals surface area (Å²) in [5.41, 5.74) is 0.653. The van der Waals surface area contributed by atoms with Crippen molar-refractivity contribution in [3.8, 4) is 5.75 Å². The fraction of sp³-hybridized carbons (Fsp3) is 0.588. The maximum atomic E-state index is 13.7. The number of benzene rings is 1. The lowest BCUT2D eigenvalue weighted by Crippen LogP contribution is -2.46. The Morgan fingerprint density at radius 1 is 1.33 bits per heavy atom. The Morgan fingerprint density at radius 3 is 2.62 bits per heavy atom. The summed E-state index contributed by atoms with van der Waals surface area (Å²) in [5.74, 6) is -0.0372. The Labute approximate surface area is 125 Å². The summed E-state index contributed by atoms with van der Waals surface area (Å²) in [6, 6.07) is 4.72. The third-order valence-corrected chi connectivity index (χ3v) is 4.49. The lowest BCUT2D eigenvalue weighted by molar-refractivity contribution is -0.120. The normalized spacial score (nSPS) is 17.5. The van der Waals surface area contributed by atoms with Gasteiger partial charge in [-0.25, -0.2) is 4.39 Å². The molecule has 1 fully saturated rings. The third-order valence-electron chi connectivity index (χ3n) is 4.49. The van der Waals surface area contributed by atoms with E-state index in [1.165, 1.54) is 32.4 Å². The smallest absolute Gasteiger partial charge is 0.165 e. The van der Waals surface area contributed by atoms with Crippen LogP contribution in [0.15, 0.2) is 18.2 Å². The lowest BCUT2D eigenvalue weighted by Gasteiger charge is -2.36. The molecular formula is C17H24FNO2. The summed E-state index contributed by atoms with van der Waals surface area (Å²) in [4.78, 5) is 12.3. The quantitative estimate of drug-likeness (QED) is 0.875. The zero-order chi connectivity index (χ0) is 15.3. The summed E-state index contributed by atoms with van der Waals surface area (Å²) in [6.07, 6.45) is 6.50. The largest absolute Gasteiger partial charge is 0.494 e. The van der Waals surface area contributed by atoms with Crippen LogP contribution in [0.1, 0.15) is 44.1 Å². The van der Waals surface area contributed by atoms with Gasteiger partial charge in [-0.2, -0.15) is 0 Å². The van der Waals surface area contributed by atoms with Gasteiger partial charge in [0.05, 0.1) is 7.11 Å². The van der Waals surface area contributed by atoms with Crippen molar-refractivity contribution >= 4 is 5.78 Å². The first kappa shape index (κ1) is 16.0. The summed E-state index contributed by atoms with van der Waals surface area (Å²) in [5, 5.41) is 3.35. The van der Waals surface area contributed by atoms with Crippen LogP contribution in [0.25, 0.3) is 0 Å². The molecule has 1 aliphatic carbocycles. The minimum atomic E-state index is -0.413. The SMILES string of the molecule is CNC1(CC(=O)Cc2ccc(OC)c(F)c2)CCCCC1. The van der Waals surface area contributed by atoms with Crippen LogP contribution in [0, 0.1) is 5.82 Å². The van der Waals surface area contributed by atoms with Crippen LogP contribution >= 0.6 is 0 Å². The summed E-state index contributed by atoms with van der Waals surface area (Å²) >= 11 is 0. The molecule has 0 atom stereocenters. The molecule has 0 unspecified atom stereocenters. The van der Waals surface area contributed by atoms with Gasteiger partial charge in [-0.1, -0.05) is 25.3 Å². The number of rotatable bonds is 6. The van der Waals surface area contributed by atoms with Crippen molar-refractivity contribution in [1.29, 1.82) is 0 Å². The highest BCUT2D eigenvalue weighted by atomic mass is 19.1. The van der Waals surface area contributed by atoms with Gasteiger partial charge >= 0.3 is 0 Å². The van der Waals surface area contributed by atoms with Crippen LogP contribution in [0.3, 0.4) is 0 Å². The summed E-state index contributed by atoms with van der Waals surface area (Å²) in [7, 11) is 3.37. The number of ether oxygens (including phenoxy) is 1. The fourth-order valence-corrected chi connectivity index (χ4v) is 3.23. The second-order valence-corrected chi connectivity index (χ2v) is 5.95. The molecule has 1 N–H and O–H groups in total. The number of carbonyl (C=O) groups excluding carboxylic acids is 1. The van der Waals surface area contributed by atoms with Gasteiger partial charge in [-0.3, -0.25) is 4.79 Å². The van der Waals surface area contributed by atoms with Crippen molar-refractivity contribution in [1.82, 2.24) is 5.32 Å². The molecule has 0 bridgehead atoms. The predicted octanol–water partition coefficient (Wildman–Crippen LogP) is 3.26. The molecule has 1 aliphatic rings. The second-order valence-electron chi connectivity index (χ2n) is 5.95. The van der Waals surface area contributed by atoms with Crippen LogP contribution < -0.4 is 10.1 Å². The molecule has 0 heterocycles. The van der Waals surface area contributed by atoms with Gasteiger partial charge in [-0.05, 0) is 37.6 Å². The summed E-state index contributed by atoms with van der Waals surface area (Å²) in [6.45, 7) is 0. The number of Topliss-reactive ketones (excluding diaryl/α,β-unsaturated/α-hetero) is 1. The van der Waals surface area contributed by atoms with Crippen molar-refractivity contribution in [2.24, 2.45) is 0 Å². The molecular weight excluding hydrogens is 269 g/mol. The van der Waals surface area contributed by atoms with Crippen LogP contribution in [0.4, 0.5) is 4.39 Å². The Bertz CT molecular complexity index is 496.